The van der Waals surface area contributed by atoms with E-state index in [0.717, 1.165) is 12.8 Å². The van der Waals surface area contributed by atoms with Crippen molar-refractivity contribution in [2.24, 2.45) is 5.92 Å². The van der Waals surface area contributed by atoms with Crippen LogP contribution in [0.15, 0.2) is 18.2 Å². The van der Waals surface area contributed by atoms with Gasteiger partial charge in [0.05, 0.1) is 10.6 Å². The van der Waals surface area contributed by atoms with Gasteiger partial charge in [0.1, 0.15) is 0 Å². The summed E-state index contributed by atoms with van der Waals surface area (Å²) in [7, 11) is 3.35. The van der Waals surface area contributed by atoms with E-state index in [4.69, 9.17) is 11.6 Å². The molecular weight excluding hydrogens is 326 g/mol. The lowest BCUT2D eigenvalue weighted by molar-refractivity contribution is -0.117. The van der Waals surface area contributed by atoms with E-state index < -0.39 is 0 Å². The number of carbonyl (C=O) groups is 2. The lowest BCUT2D eigenvalue weighted by Gasteiger charge is -2.28. The number of benzene rings is 1. The second-order valence-electron chi connectivity index (χ2n) is 7.12. The van der Waals surface area contributed by atoms with Crippen LogP contribution in [-0.2, 0) is 4.79 Å². The van der Waals surface area contributed by atoms with Gasteiger partial charge >= 0.3 is 0 Å². The molecule has 2 heterocycles. The van der Waals surface area contributed by atoms with Crippen LogP contribution in [0, 0.1) is 5.92 Å². The number of carbonyl (C=O) groups excluding carboxylic acids is 2. The minimum absolute atomic E-state index is 0.00637. The van der Waals surface area contributed by atoms with Crippen molar-refractivity contribution in [2.45, 2.75) is 44.2 Å². The molecule has 2 N–H and O–H groups in total. The number of nitrogens with zero attached hydrogens (tertiary/aromatic N) is 1. The summed E-state index contributed by atoms with van der Waals surface area (Å²) >= 11 is 6.10. The fourth-order valence-corrected chi connectivity index (χ4v) is 4.02. The van der Waals surface area contributed by atoms with E-state index >= 15 is 0 Å². The maximum absolute atomic E-state index is 12.4. The van der Waals surface area contributed by atoms with Gasteiger partial charge in [0, 0.05) is 38.3 Å². The topological polar surface area (TPSA) is 61.4 Å². The van der Waals surface area contributed by atoms with Crippen LogP contribution < -0.4 is 10.6 Å². The summed E-state index contributed by atoms with van der Waals surface area (Å²) in [4.78, 5) is 25.9. The van der Waals surface area contributed by atoms with Gasteiger partial charge in [0.15, 0.2) is 0 Å². The van der Waals surface area contributed by atoms with Crippen molar-refractivity contribution in [1.82, 2.24) is 10.2 Å². The fraction of sp³-hybridized carbons (Fsp3) is 0.556. The van der Waals surface area contributed by atoms with Crippen LogP contribution in [-0.4, -0.2) is 42.9 Å². The summed E-state index contributed by atoms with van der Waals surface area (Å²) in [5, 5.41) is 6.89. The smallest absolute Gasteiger partial charge is 0.254 e. The minimum Gasteiger partial charge on any atom is -0.345 e. The van der Waals surface area contributed by atoms with Gasteiger partial charge in [-0.3, -0.25) is 9.59 Å². The molecule has 0 aromatic heterocycles. The van der Waals surface area contributed by atoms with Crippen molar-refractivity contribution in [3.63, 3.8) is 0 Å². The van der Waals surface area contributed by atoms with Gasteiger partial charge < -0.3 is 15.5 Å². The average Bonchev–Trinajstić information content (AvgIpc) is 2.87. The first-order valence-corrected chi connectivity index (χ1v) is 8.87. The molecule has 2 unspecified atom stereocenters. The Morgan fingerprint density at radius 1 is 1.25 bits per heavy atom. The zero-order chi connectivity index (χ0) is 17.3. The average molecular weight is 350 g/mol. The zero-order valence-corrected chi connectivity index (χ0v) is 14.9. The van der Waals surface area contributed by atoms with Crippen molar-refractivity contribution in [3.8, 4) is 0 Å². The van der Waals surface area contributed by atoms with Gasteiger partial charge in [-0.15, -0.1) is 0 Å². The third-order valence-electron chi connectivity index (χ3n) is 4.93. The SMILES string of the molecule is CN(C)C(=O)c1cc(NC(=O)CC2CC3CCC(C2)N3)ccc1Cl. The van der Waals surface area contributed by atoms with Crippen LogP contribution in [0.2, 0.25) is 5.02 Å². The number of nitrogens with one attached hydrogen (secondary N) is 2. The molecule has 3 rings (SSSR count). The van der Waals surface area contributed by atoms with Crippen LogP contribution in [0.4, 0.5) is 5.69 Å². The van der Waals surface area contributed by atoms with Crippen LogP contribution in [0.3, 0.4) is 0 Å². The second kappa shape index (κ2) is 7.11. The normalized spacial score (nSPS) is 25.4. The Morgan fingerprint density at radius 3 is 2.54 bits per heavy atom. The third-order valence-corrected chi connectivity index (χ3v) is 5.26. The first-order valence-electron chi connectivity index (χ1n) is 8.49. The molecule has 2 fully saturated rings. The quantitative estimate of drug-likeness (QED) is 0.878. The van der Waals surface area contributed by atoms with Gasteiger partial charge in [-0.2, -0.15) is 0 Å². The summed E-state index contributed by atoms with van der Waals surface area (Å²) in [6, 6.07) is 6.20. The van der Waals surface area contributed by atoms with E-state index in [1.54, 1.807) is 32.3 Å². The van der Waals surface area contributed by atoms with Gasteiger partial charge in [-0.1, -0.05) is 11.6 Å². The van der Waals surface area contributed by atoms with Gasteiger partial charge in [0.25, 0.3) is 5.91 Å². The van der Waals surface area contributed by atoms with Crippen LogP contribution in [0.1, 0.15) is 42.5 Å². The molecular formula is C18H24ClN3O2. The Bertz CT molecular complexity index is 635. The molecule has 2 aliphatic rings. The molecule has 5 nitrogen and oxygen atoms in total. The number of rotatable bonds is 4. The Labute approximate surface area is 147 Å². The van der Waals surface area contributed by atoms with Crippen molar-refractivity contribution >= 4 is 29.1 Å². The maximum atomic E-state index is 12.4. The number of anilines is 1. The van der Waals surface area contributed by atoms with Gasteiger partial charge in [-0.25, -0.2) is 0 Å². The second-order valence-corrected chi connectivity index (χ2v) is 7.53. The summed E-state index contributed by atoms with van der Waals surface area (Å²) in [5.74, 6) is 0.275. The van der Waals surface area contributed by atoms with E-state index in [9.17, 15) is 9.59 Å². The Hall–Kier alpha value is -1.59. The number of piperidine rings is 1. The van der Waals surface area contributed by atoms with Crippen LogP contribution in [0.5, 0.6) is 0 Å². The standard InChI is InChI=1S/C18H24ClN3O2/c1-22(2)18(24)15-10-14(5-6-16(15)19)21-17(23)9-11-7-12-3-4-13(8-11)20-12/h5-6,10-13,20H,3-4,7-9H2,1-2H3,(H,21,23). The monoisotopic (exact) mass is 349 g/mol. The molecule has 2 amide bonds. The number of hydrogen-bond donors (Lipinski definition) is 2. The predicted molar refractivity (Wildman–Crippen MR) is 95.4 cm³/mol. The molecule has 0 saturated carbocycles. The molecule has 6 heteroatoms. The zero-order valence-electron chi connectivity index (χ0n) is 14.1. The lowest BCUT2D eigenvalue weighted by Crippen LogP contribution is -2.39. The highest BCUT2D eigenvalue weighted by molar-refractivity contribution is 6.34. The first-order chi connectivity index (χ1) is 11.4. The number of halogens is 1. The van der Waals surface area contributed by atoms with E-state index in [-0.39, 0.29) is 11.8 Å². The molecule has 0 aliphatic carbocycles. The molecule has 2 atom stereocenters. The van der Waals surface area contributed by atoms with Gasteiger partial charge in [-0.05, 0) is 49.8 Å². The summed E-state index contributed by atoms with van der Waals surface area (Å²) < 4.78 is 0. The van der Waals surface area contributed by atoms with Crippen LogP contribution >= 0.6 is 11.6 Å². The van der Waals surface area contributed by atoms with E-state index in [1.807, 2.05) is 0 Å². The van der Waals surface area contributed by atoms with Crippen molar-refractivity contribution < 1.29 is 9.59 Å². The van der Waals surface area contributed by atoms with Crippen molar-refractivity contribution in [2.75, 3.05) is 19.4 Å². The van der Waals surface area contributed by atoms with Gasteiger partial charge in [0.2, 0.25) is 5.91 Å². The minimum atomic E-state index is -0.175. The molecule has 0 spiro atoms. The Morgan fingerprint density at radius 2 is 1.92 bits per heavy atom. The van der Waals surface area contributed by atoms with E-state index in [1.165, 1.54) is 17.7 Å². The Kier molecular flexibility index (Phi) is 5.11. The highest BCUT2D eigenvalue weighted by Gasteiger charge is 2.34. The van der Waals surface area contributed by atoms with E-state index in [0.29, 0.717) is 40.7 Å². The van der Waals surface area contributed by atoms with Crippen molar-refractivity contribution in [3.05, 3.63) is 28.8 Å². The molecule has 0 radical (unpaired) electrons. The van der Waals surface area contributed by atoms with Crippen molar-refractivity contribution in [1.29, 1.82) is 0 Å². The lowest BCUT2D eigenvalue weighted by atomic mass is 9.89. The first kappa shape index (κ1) is 17.2. The third kappa shape index (κ3) is 3.90. The Balaban J connectivity index is 1.62. The number of amides is 2. The molecule has 2 aliphatic heterocycles. The summed E-state index contributed by atoms with van der Waals surface area (Å²) in [6.45, 7) is 0. The molecule has 2 bridgehead atoms. The molecule has 24 heavy (non-hydrogen) atoms. The highest BCUT2D eigenvalue weighted by atomic mass is 35.5. The predicted octanol–water partition coefficient (Wildman–Crippen LogP) is 2.90. The van der Waals surface area contributed by atoms with E-state index in [2.05, 4.69) is 10.6 Å². The summed E-state index contributed by atoms with van der Waals surface area (Å²) in [6.07, 6.45) is 5.16. The molecule has 1 aromatic rings. The molecule has 2 saturated heterocycles. The molecule has 130 valence electrons. The fourth-order valence-electron chi connectivity index (χ4n) is 3.82. The molecule has 1 aromatic carbocycles. The maximum Gasteiger partial charge on any atom is 0.254 e. The largest absolute Gasteiger partial charge is 0.345 e. The number of fused-ring (bicyclic) bond motifs is 2. The summed E-state index contributed by atoms with van der Waals surface area (Å²) in [5.41, 5.74) is 1.02. The number of hydrogen-bond acceptors (Lipinski definition) is 3. The van der Waals surface area contributed by atoms with Crippen LogP contribution in [0.25, 0.3) is 0 Å². The highest BCUT2D eigenvalue weighted by Crippen LogP contribution is 2.33.